The molecule has 2 aliphatic heterocycles. The Kier molecular flexibility index (Phi) is 7.62. The van der Waals surface area contributed by atoms with E-state index >= 15 is 0 Å². The molecule has 3 aromatic rings. The number of hydrogen-bond donors (Lipinski definition) is 1. The summed E-state index contributed by atoms with van der Waals surface area (Å²) < 4.78 is 31.2. The Labute approximate surface area is 223 Å². The molecule has 1 amide bonds. The van der Waals surface area contributed by atoms with Crippen LogP contribution in [0.4, 0.5) is 11.8 Å². The number of nitrogens with zero attached hydrogens (tertiary/aromatic N) is 4. The molecule has 0 spiro atoms. The van der Waals surface area contributed by atoms with E-state index in [0.717, 1.165) is 23.3 Å². The minimum absolute atomic E-state index is 0.0234. The molecule has 0 unspecified atom stereocenters. The van der Waals surface area contributed by atoms with Crippen molar-refractivity contribution in [2.24, 2.45) is 5.92 Å². The van der Waals surface area contributed by atoms with Crippen LogP contribution in [0.1, 0.15) is 47.3 Å². The molecule has 0 aliphatic carbocycles. The molecule has 3 heterocycles. The number of carbonyl (C=O) groups excluding carboxylic acids is 1. The fraction of sp³-hybridized carbons (Fsp3) is 0.393. The van der Waals surface area contributed by atoms with Crippen molar-refractivity contribution >= 4 is 27.7 Å². The van der Waals surface area contributed by atoms with Gasteiger partial charge >= 0.3 is 0 Å². The summed E-state index contributed by atoms with van der Waals surface area (Å²) in [6.07, 6.45) is 5.08. The minimum atomic E-state index is -3.23. The van der Waals surface area contributed by atoms with Crippen molar-refractivity contribution in [2.75, 3.05) is 42.7 Å². The van der Waals surface area contributed by atoms with Crippen LogP contribution in [0.3, 0.4) is 0 Å². The van der Waals surface area contributed by atoms with Crippen molar-refractivity contribution in [3.63, 3.8) is 0 Å². The Morgan fingerprint density at radius 2 is 1.92 bits per heavy atom. The number of ether oxygens (including phenoxy) is 1. The number of benzene rings is 2. The Morgan fingerprint density at radius 1 is 1.16 bits per heavy atom. The summed E-state index contributed by atoms with van der Waals surface area (Å²) in [7, 11) is -3.23. The molecule has 200 valence electrons. The Bertz CT molecular complexity index is 1390. The summed E-state index contributed by atoms with van der Waals surface area (Å²) in [6.45, 7) is 3.98. The maximum atomic E-state index is 13.9. The van der Waals surface area contributed by atoms with E-state index in [4.69, 9.17) is 9.72 Å². The van der Waals surface area contributed by atoms with E-state index in [1.165, 1.54) is 10.6 Å². The SMILES string of the molecule is C[C@@H](Nc1nccc(N(CC2CCN(S(C)(=O)=O)CC2)C(=O)c2ccc3c(c2)OCC3)n1)c1ccccc1. The zero-order valence-corrected chi connectivity index (χ0v) is 22.5. The van der Waals surface area contributed by atoms with E-state index in [9.17, 15) is 13.2 Å². The molecule has 1 N–H and O–H groups in total. The van der Waals surface area contributed by atoms with Crippen LogP contribution >= 0.6 is 0 Å². The number of fused-ring (bicyclic) bond motifs is 1. The number of hydrogen-bond acceptors (Lipinski definition) is 7. The quantitative estimate of drug-likeness (QED) is 0.466. The fourth-order valence-corrected chi connectivity index (χ4v) is 5.88. The van der Waals surface area contributed by atoms with Crippen LogP contribution in [0.2, 0.25) is 0 Å². The molecule has 2 aromatic carbocycles. The zero-order valence-electron chi connectivity index (χ0n) is 21.7. The predicted octanol–water partition coefficient (Wildman–Crippen LogP) is 3.90. The van der Waals surface area contributed by atoms with Crippen LogP contribution in [-0.2, 0) is 16.4 Å². The van der Waals surface area contributed by atoms with Crippen molar-refractivity contribution in [3.8, 4) is 5.75 Å². The van der Waals surface area contributed by atoms with E-state index in [1.807, 2.05) is 55.5 Å². The maximum absolute atomic E-state index is 13.9. The van der Waals surface area contributed by atoms with Gasteiger partial charge in [-0.3, -0.25) is 9.69 Å². The number of piperidine rings is 1. The van der Waals surface area contributed by atoms with E-state index in [-0.39, 0.29) is 17.9 Å². The van der Waals surface area contributed by atoms with Crippen molar-refractivity contribution in [1.29, 1.82) is 0 Å². The number of rotatable bonds is 8. The molecule has 0 radical (unpaired) electrons. The number of sulfonamides is 1. The number of nitrogens with one attached hydrogen (secondary N) is 1. The summed E-state index contributed by atoms with van der Waals surface area (Å²) in [5.74, 6) is 1.64. The monoisotopic (exact) mass is 535 g/mol. The smallest absolute Gasteiger partial charge is 0.259 e. The van der Waals surface area contributed by atoms with Crippen LogP contribution in [0, 0.1) is 5.92 Å². The molecular weight excluding hydrogens is 502 g/mol. The molecule has 0 bridgehead atoms. The van der Waals surface area contributed by atoms with Gasteiger partial charge in [-0.25, -0.2) is 17.7 Å². The molecule has 1 fully saturated rings. The lowest BCUT2D eigenvalue weighted by atomic mass is 9.97. The first-order valence-corrected chi connectivity index (χ1v) is 14.8. The van der Waals surface area contributed by atoms with Gasteiger partial charge in [0.1, 0.15) is 11.6 Å². The first-order chi connectivity index (χ1) is 18.3. The second-order valence-electron chi connectivity index (χ2n) is 9.96. The van der Waals surface area contributed by atoms with Gasteiger partial charge in [0.25, 0.3) is 5.91 Å². The summed E-state index contributed by atoms with van der Waals surface area (Å²) in [5, 5.41) is 3.34. The zero-order chi connectivity index (χ0) is 26.7. The first-order valence-electron chi connectivity index (χ1n) is 12.9. The maximum Gasteiger partial charge on any atom is 0.259 e. The van der Waals surface area contributed by atoms with Crippen molar-refractivity contribution in [2.45, 2.75) is 32.2 Å². The van der Waals surface area contributed by atoms with Crippen LogP contribution in [-0.4, -0.2) is 61.1 Å². The lowest BCUT2D eigenvalue weighted by Crippen LogP contribution is -2.43. The summed E-state index contributed by atoms with van der Waals surface area (Å²) in [5.41, 5.74) is 2.74. The van der Waals surface area contributed by atoms with Crippen molar-refractivity contribution in [1.82, 2.24) is 14.3 Å². The van der Waals surface area contributed by atoms with E-state index in [2.05, 4.69) is 10.3 Å². The normalized spacial score (nSPS) is 16.9. The van der Waals surface area contributed by atoms with E-state index in [0.29, 0.717) is 56.4 Å². The standard InChI is InChI=1S/C28H33N5O4S/c1-20(22-6-4-3-5-7-22)30-28-29-14-10-26(31-28)33(19-21-11-15-32(16-12-21)38(2,35)36)27(34)24-9-8-23-13-17-37-25(23)18-24/h3-10,14,18,20-21H,11-13,15-17,19H2,1-2H3,(H,29,30,31)/t20-/m1/s1. The molecule has 5 rings (SSSR count). The van der Waals surface area contributed by atoms with Crippen molar-refractivity contribution in [3.05, 3.63) is 77.5 Å². The predicted molar refractivity (Wildman–Crippen MR) is 147 cm³/mol. The highest BCUT2D eigenvalue weighted by atomic mass is 32.2. The van der Waals surface area contributed by atoms with Gasteiger partial charge in [0.15, 0.2) is 0 Å². The second-order valence-corrected chi connectivity index (χ2v) is 11.9. The topological polar surface area (TPSA) is 105 Å². The molecular formula is C28H33N5O4S. The van der Waals surface area contributed by atoms with Crippen LogP contribution < -0.4 is 15.0 Å². The van der Waals surface area contributed by atoms with Crippen LogP contribution in [0.15, 0.2) is 60.8 Å². The third-order valence-electron chi connectivity index (χ3n) is 7.23. The molecule has 1 aromatic heterocycles. The number of carbonyl (C=O) groups is 1. The number of aromatic nitrogens is 2. The van der Waals surface area contributed by atoms with Gasteiger partial charge in [-0.05, 0) is 55.0 Å². The molecule has 2 aliphatic rings. The fourth-order valence-electron chi connectivity index (χ4n) is 5.01. The average molecular weight is 536 g/mol. The molecule has 10 heteroatoms. The first kappa shape index (κ1) is 26.1. The van der Waals surface area contributed by atoms with Gasteiger partial charge in [-0.1, -0.05) is 36.4 Å². The second kappa shape index (κ2) is 11.1. The Morgan fingerprint density at radius 3 is 2.66 bits per heavy atom. The molecule has 1 atom stereocenters. The van der Waals surface area contributed by atoms with Gasteiger partial charge in [-0.15, -0.1) is 0 Å². The third kappa shape index (κ3) is 5.97. The van der Waals surface area contributed by atoms with Gasteiger partial charge in [0.05, 0.1) is 18.9 Å². The van der Waals surface area contributed by atoms with E-state index < -0.39 is 10.0 Å². The van der Waals surface area contributed by atoms with Crippen LogP contribution in [0.25, 0.3) is 0 Å². The molecule has 0 saturated carbocycles. The Balaban J connectivity index is 1.40. The highest BCUT2D eigenvalue weighted by Crippen LogP contribution is 2.29. The molecule has 9 nitrogen and oxygen atoms in total. The lowest BCUT2D eigenvalue weighted by molar-refractivity contribution is 0.0977. The Hall–Kier alpha value is -3.50. The third-order valence-corrected chi connectivity index (χ3v) is 8.54. The largest absolute Gasteiger partial charge is 0.493 e. The highest BCUT2D eigenvalue weighted by molar-refractivity contribution is 7.88. The highest BCUT2D eigenvalue weighted by Gasteiger charge is 2.30. The number of anilines is 2. The van der Waals surface area contributed by atoms with Crippen molar-refractivity contribution < 1.29 is 17.9 Å². The molecule has 1 saturated heterocycles. The van der Waals surface area contributed by atoms with E-state index in [1.54, 1.807) is 17.2 Å². The summed E-state index contributed by atoms with van der Waals surface area (Å²) in [4.78, 5) is 24.7. The average Bonchev–Trinajstić information content (AvgIpc) is 3.40. The summed E-state index contributed by atoms with van der Waals surface area (Å²) in [6, 6.07) is 17.3. The van der Waals surface area contributed by atoms with Gasteiger partial charge in [0.2, 0.25) is 16.0 Å². The minimum Gasteiger partial charge on any atom is -0.493 e. The number of amides is 1. The van der Waals surface area contributed by atoms with Gasteiger partial charge in [-0.2, -0.15) is 4.98 Å². The van der Waals surface area contributed by atoms with Gasteiger partial charge in [0, 0.05) is 37.8 Å². The lowest BCUT2D eigenvalue weighted by Gasteiger charge is -2.33. The molecule has 38 heavy (non-hydrogen) atoms. The van der Waals surface area contributed by atoms with Crippen LogP contribution in [0.5, 0.6) is 5.75 Å². The summed E-state index contributed by atoms with van der Waals surface area (Å²) >= 11 is 0. The van der Waals surface area contributed by atoms with Gasteiger partial charge < -0.3 is 10.1 Å².